The molecule has 1 N–H and O–H groups in total. The van der Waals surface area contributed by atoms with Crippen molar-refractivity contribution in [2.45, 2.75) is 13.5 Å². The second-order valence-electron chi connectivity index (χ2n) is 4.88. The summed E-state index contributed by atoms with van der Waals surface area (Å²) in [5.41, 5.74) is 5.68. The topological polar surface area (TPSA) is 33.6 Å². The highest BCUT2D eigenvalue weighted by Crippen LogP contribution is 2.15. The van der Waals surface area contributed by atoms with Crippen LogP contribution in [-0.2, 0) is 6.61 Å². The fourth-order valence-electron chi connectivity index (χ4n) is 1.80. The van der Waals surface area contributed by atoms with E-state index < -0.39 is 0 Å². The minimum Gasteiger partial charge on any atom is -0.489 e. The second-order valence-corrected chi connectivity index (χ2v) is 5.78. The van der Waals surface area contributed by atoms with E-state index in [9.17, 15) is 4.39 Å². The van der Waals surface area contributed by atoms with Crippen LogP contribution in [0, 0.1) is 5.82 Å². The van der Waals surface area contributed by atoms with Gasteiger partial charge in [-0.25, -0.2) is 4.39 Å². The van der Waals surface area contributed by atoms with Gasteiger partial charge >= 0.3 is 0 Å². The summed E-state index contributed by atoms with van der Waals surface area (Å²) < 4.78 is 18.5. The SMILES string of the molecule is C=C(N/N=C(\C)c1ccc(OCc2ccc(F)cc2)cc1)SC. The average molecular weight is 330 g/mol. The van der Waals surface area contributed by atoms with E-state index in [4.69, 9.17) is 4.74 Å². The molecule has 2 aromatic carbocycles. The smallest absolute Gasteiger partial charge is 0.123 e. The first-order chi connectivity index (χ1) is 11.1. The summed E-state index contributed by atoms with van der Waals surface area (Å²) in [6.07, 6.45) is 1.94. The third kappa shape index (κ3) is 5.45. The quantitative estimate of drug-likeness (QED) is 0.597. The maximum absolute atomic E-state index is 12.8. The van der Waals surface area contributed by atoms with Gasteiger partial charge in [-0.1, -0.05) is 18.7 Å². The van der Waals surface area contributed by atoms with Crippen molar-refractivity contribution in [3.63, 3.8) is 0 Å². The molecule has 0 aliphatic rings. The summed E-state index contributed by atoms with van der Waals surface area (Å²) >= 11 is 1.51. The van der Waals surface area contributed by atoms with E-state index in [-0.39, 0.29) is 5.82 Å². The molecular formula is C18H19FN2OS. The van der Waals surface area contributed by atoms with Crippen molar-refractivity contribution in [1.82, 2.24) is 5.43 Å². The van der Waals surface area contributed by atoms with Gasteiger partial charge in [0.1, 0.15) is 18.2 Å². The first-order valence-electron chi connectivity index (χ1n) is 7.09. The van der Waals surface area contributed by atoms with Crippen molar-refractivity contribution in [2.75, 3.05) is 6.26 Å². The summed E-state index contributed by atoms with van der Waals surface area (Å²) in [6.45, 7) is 6.14. The van der Waals surface area contributed by atoms with Crippen molar-refractivity contribution >= 4 is 17.5 Å². The lowest BCUT2D eigenvalue weighted by molar-refractivity contribution is 0.306. The molecular weight excluding hydrogens is 311 g/mol. The van der Waals surface area contributed by atoms with Crippen molar-refractivity contribution in [1.29, 1.82) is 0 Å². The van der Waals surface area contributed by atoms with E-state index >= 15 is 0 Å². The van der Waals surface area contributed by atoms with Crippen LogP contribution in [-0.4, -0.2) is 12.0 Å². The van der Waals surface area contributed by atoms with Crippen molar-refractivity contribution < 1.29 is 9.13 Å². The molecule has 0 bridgehead atoms. The van der Waals surface area contributed by atoms with Crippen molar-refractivity contribution in [2.24, 2.45) is 5.10 Å². The first-order valence-corrected chi connectivity index (χ1v) is 8.32. The highest BCUT2D eigenvalue weighted by molar-refractivity contribution is 8.02. The van der Waals surface area contributed by atoms with Crippen LogP contribution in [0.5, 0.6) is 5.75 Å². The van der Waals surface area contributed by atoms with Crippen LogP contribution in [0.3, 0.4) is 0 Å². The summed E-state index contributed by atoms with van der Waals surface area (Å²) in [5.74, 6) is 0.512. The van der Waals surface area contributed by atoms with Crippen molar-refractivity contribution in [3.8, 4) is 5.75 Å². The Morgan fingerprint density at radius 1 is 1.17 bits per heavy atom. The molecule has 0 radical (unpaired) electrons. The van der Waals surface area contributed by atoms with Gasteiger partial charge in [0.05, 0.1) is 10.7 Å². The fourth-order valence-corrected chi connectivity index (χ4v) is 1.93. The zero-order valence-corrected chi connectivity index (χ0v) is 14.0. The van der Waals surface area contributed by atoms with Gasteiger partial charge in [0.2, 0.25) is 0 Å². The maximum Gasteiger partial charge on any atom is 0.123 e. The van der Waals surface area contributed by atoms with Crippen LogP contribution in [0.1, 0.15) is 18.1 Å². The van der Waals surface area contributed by atoms with Gasteiger partial charge in [0, 0.05) is 0 Å². The molecule has 120 valence electrons. The lowest BCUT2D eigenvalue weighted by Crippen LogP contribution is -2.06. The molecule has 2 rings (SSSR count). The molecule has 0 unspecified atom stereocenters. The zero-order valence-electron chi connectivity index (χ0n) is 13.2. The van der Waals surface area contributed by atoms with Gasteiger partial charge in [0.25, 0.3) is 0 Å². The molecule has 0 fully saturated rings. The van der Waals surface area contributed by atoms with Gasteiger partial charge in [-0.3, -0.25) is 5.43 Å². The van der Waals surface area contributed by atoms with Gasteiger partial charge in [-0.15, -0.1) is 11.8 Å². The Balaban J connectivity index is 1.93. The van der Waals surface area contributed by atoms with Crippen molar-refractivity contribution in [3.05, 3.63) is 77.1 Å². The highest BCUT2D eigenvalue weighted by atomic mass is 32.2. The van der Waals surface area contributed by atoms with Gasteiger partial charge in [-0.2, -0.15) is 5.10 Å². The molecule has 0 amide bonds. The molecule has 0 spiro atoms. The monoisotopic (exact) mass is 330 g/mol. The molecule has 0 aromatic heterocycles. The van der Waals surface area contributed by atoms with Gasteiger partial charge < -0.3 is 4.74 Å². The molecule has 2 aromatic rings. The minimum atomic E-state index is -0.245. The standard InChI is InChI=1S/C18H19FN2OS/c1-13(20-21-14(2)23-3)16-6-10-18(11-7-16)22-12-15-4-8-17(19)9-5-15/h4-11,21H,2,12H2,1,3H3/b20-13+. The van der Waals surface area contributed by atoms with E-state index in [1.807, 2.05) is 37.4 Å². The Hall–Kier alpha value is -2.27. The van der Waals surface area contributed by atoms with Crippen LogP contribution in [0.25, 0.3) is 0 Å². The molecule has 3 nitrogen and oxygen atoms in total. The Morgan fingerprint density at radius 2 is 1.83 bits per heavy atom. The number of thioether (sulfide) groups is 1. The number of rotatable bonds is 7. The normalized spacial score (nSPS) is 11.2. The third-order valence-corrected chi connectivity index (χ3v) is 3.77. The van der Waals surface area contributed by atoms with Crippen LogP contribution in [0.2, 0.25) is 0 Å². The number of hydrogen-bond acceptors (Lipinski definition) is 4. The number of hydrazone groups is 1. The Labute approximate surface area is 140 Å². The molecule has 0 aliphatic heterocycles. The molecule has 0 saturated heterocycles. The third-order valence-electron chi connectivity index (χ3n) is 3.19. The minimum absolute atomic E-state index is 0.245. The first kappa shape index (κ1) is 17.1. The average Bonchev–Trinajstić information content (AvgIpc) is 2.59. The van der Waals surface area contributed by atoms with Gasteiger partial charge in [-0.05, 0) is 60.7 Å². The van der Waals surface area contributed by atoms with Crippen LogP contribution >= 0.6 is 11.8 Å². The Bertz CT molecular complexity index is 681. The Kier molecular flexibility index (Phi) is 6.23. The maximum atomic E-state index is 12.8. The van der Waals surface area contributed by atoms with Crippen LogP contribution in [0.15, 0.2) is 65.2 Å². The van der Waals surface area contributed by atoms with E-state index in [0.717, 1.165) is 27.6 Å². The predicted molar refractivity (Wildman–Crippen MR) is 95.2 cm³/mol. The molecule has 0 saturated carbocycles. The van der Waals surface area contributed by atoms with Crippen LogP contribution in [0.4, 0.5) is 4.39 Å². The van der Waals surface area contributed by atoms with E-state index in [1.54, 1.807) is 12.1 Å². The summed E-state index contributed by atoms with van der Waals surface area (Å²) in [5, 5.41) is 5.06. The zero-order chi connectivity index (χ0) is 16.7. The lowest BCUT2D eigenvalue weighted by atomic mass is 10.1. The molecule has 0 aliphatic carbocycles. The molecule has 5 heteroatoms. The fraction of sp³-hybridized carbons (Fsp3) is 0.167. The van der Waals surface area contributed by atoms with E-state index in [0.29, 0.717) is 6.61 Å². The summed E-state index contributed by atoms with van der Waals surface area (Å²) in [4.78, 5) is 0. The molecule has 0 atom stereocenters. The molecule has 23 heavy (non-hydrogen) atoms. The lowest BCUT2D eigenvalue weighted by Gasteiger charge is -2.08. The number of nitrogens with zero attached hydrogens (tertiary/aromatic N) is 1. The summed E-state index contributed by atoms with van der Waals surface area (Å²) in [7, 11) is 0. The number of ether oxygens (including phenoxy) is 1. The number of hydrogen-bond donors (Lipinski definition) is 1. The second kappa shape index (κ2) is 8.39. The Morgan fingerprint density at radius 3 is 2.43 bits per heavy atom. The van der Waals surface area contributed by atoms with Gasteiger partial charge in [0.15, 0.2) is 0 Å². The summed E-state index contributed by atoms with van der Waals surface area (Å²) in [6, 6.07) is 14.0. The predicted octanol–water partition coefficient (Wildman–Crippen LogP) is 4.55. The number of nitrogens with one attached hydrogen (secondary N) is 1. The highest BCUT2D eigenvalue weighted by Gasteiger charge is 2.00. The largest absolute Gasteiger partial charge is 0.489 e. The van der Waals surface area contributed by atoms with Crippen LogP contribution < -0.4 is 10.2 Å². The van der Waals surface area contributed by atoms with E-state index in [1.165, 1.54) is 23.9 Å². The number of benzene rings is 2. The molecule has 0 heterocycles. The van der Waals surface area contributed by atoms with E-state index in [2.05, 4.69) is 17.1 Å². The number of halogens is 1.